The van der Waals surface area contributed by atoms with E-state index >= 15 is 0 Å². The largest absolute Gasteiger partial charge is 0.507 e. The molecule has 2 nitrogen and oxygen atoms in total. The van der Waals surface area contributed by atoms with Gasteiger partial charge in [-0.25, -0.2) is 0 Å². The number of phenols is 1. The molecule has 0 aromatic heterocycles. The van der Waals surface area contributed by atoms with E-state index in [1.165, 1.54) is 16.4 Å². The number of hydrogen-bond donors (Lipinski definition) is 1. The maximum atomic E-state index is 11.2. The summed E-state index contributed by atoms with van der Waals surface area (Å²) in [5.74, 6) is 0.436. The lowest BCUT2D eigenvalue weighted by molar-refractivity contribution is 0.449. The van der Waals surface area contributed by atoms with Crippen LogP contribution in [0.3, 0.4) is 0 Å². The standard InChI is InChI=1S/C26H38NOP/c1-17-12-11-13-18(16-27-26(8,9)10)23(17)29-21-15-19(24(2,3)4)14-20(22(21)28)25(5,6)7/h11-16,28-29H,1-10H3. The molecule has 0 aliphatic heterocycles. The zero-order chi connectivity index (χ0) is 22.2. The Bertz CT molecular complexity index is 906. The van der Waals surface area contributed by atoms with Gasteiger partial charge in [-0.2, -0.15) is 0 Å². The Kier molecular flexibility index (Phi) is 6.70. The van der Waals surface area contributed by atoms with E-state index in [4.69, 9.17) is 4.99 Å². The number of rotatable bonds is 3. The number of aromatic hydroxyl groups is 1. The third kappa shape index (κ3) is 6.16. The molecule has 0 amide bonds. The lowest BCUT2D eigenvalue weighted by atomic mass is 9.80. The summed E-state index contributed by atoms with van der Waals surface area (Å²) in [5, 5.41) is 13.5. The number of phenolic OH excluding ortho intramolecular Hbond substituents is 1. The Morgan fingerprint density at radius 2 is 1.52 bits per heavy atom. The van der Waals surface area contributed by atoms with Crippen LogP contribution < -0.4 is 10.6 Å². The minimum Gasteiger partial charge on any atom is -0.507 e. The van der Waals surface area contributed by atoms with Crippen molar-refractivity contribution in [2.24, 2.45) is 4.99 Å². The first kappa shape index (κ1) is 23.6. The maximum Gasteiger partial charge on any atom is 0.127 e. The molecule has 158 valence electrons. The van der Waals surface area contributed by atoms with Crippen molar-refractivity contribution >= 4 is 25.4 Å². The molecule has 3 heteroatoms. The predicted molar refractivity (Wildman–Crippen MR) is 132 cm³/mol. The number of nitrogens with zero attached hydrogens (tertiary/aromatic N) is 1. The van der Waals surface area contributed by atoms with Gasteiger partial charge in [-0.3, -0.25) is 4.99 Å². The molecule has 2 aromatic carbocycles. The van der Waals surface area contributed by atoms with Gasteiger partial charge in [-0.05, 0) is 61.0 Å². The van der Waals surface area contributed by atoms with Crippen LogP contribution in [0, 0.1) is 6.92 Å². The van der Waals surface area contributed by atoms with Crippen molar-refractivity contribution in [3.63, 3.8) is 0 Å². The molecular weight excluding hydrogens is 373 g/mol. The van der Waals surface area contributed by atoms with Gasteiger partial charge in [-0.1, -0.05) is 74.4 Å². The normalized spacial score (nSPS) is 13.7. The highest BCUT2D eigenvalue weighted by atomic mass is 31.1. The van der Waals surface area contributed by atoms with E-state index in [9.17, 15) is 5.11 Å². The minimum absolute atomic E-state index is 0.0230. The molecule has 1 unspecified atom stereocenters. The van der Waals surface area contributed by atoms with Crippen LogP contribution in [-0.2, 0) is 10.8 Å². The molecule has 0 saturated heterocycles. The molecule has 0 heterocycles. The molecule has 0 aliphatic carbocycles. The zero-order valence-corrected chi connectivity index (χ0v) is 20.9. The fourth-order valence-corrected chi connectivity index (χ4v) is 4.42. The predicted octanol–water partition coefficient (Wildman–Crippen LogP) is 6.14. The van der Waals surface area contributed by atoms with Gasteiger partial charge in [0.1, 0.15) is 5.75 Å². The van der Waals surface area contributed by atoms with Crippen molar-refractivity contribution in [2.45, 2.75) is 85.6 Å². The van der Waals surface area contributed by atoms with Crippen LogP contribution in [0.25, 0.3) is 0 Å². The molecule has 0 radical (unpaired) electrons. The number of aliphatic imine (C=N–C) groups is 1. The first-order chi connectivity index (χ1) is 13.1. The third-order valence-electron chi connectivity index (χ3n) is 4.94. The van der Waals surface area contributed by atoms with E-state index in [2.05, 4.69) is 99.6 Å². The fraction of sp³-hybridized carbons (Fsp3) is 0.500. The molecule has 0 bridgehead atoms. The molecule has 29 heavy (non-hydrogen) atoms. The SMILES string of the molecule is Cc1cccc(C=NC(C)(C)C)c1Pc1cc(C(C)(C)C)cc(C(C)(C)C)c1O. The van der Waals surface area contributed by atoms with E-state index < -0.39 is 0 Å². The van der Waals surface area contributed by atoms with Crippen LogP contribution >= 0.6 is 8.58 Å². The first-order valence-corrected chi connectivity index (χ1v) is 11.4. The van der Waals surface area contributed by atoms with Crippen molar-refractivity contribution in [3.05, 3.63) is 52.6 Å². The Morgan fingerprint density at radius 3 is 2.03 bits per heavy atom. The van der Waals surface area contributed by atoms with Gasteiger partial charge in [0.2, 0.25) is 0 Å². The van der Waals surface area contributed by atoms with Gasteiger partial charge in [-0.15, -0.1) is 0 Å². The van der Waals surface area contributed by atoms with Crippen molar-refractivity contribution in [1.29, 1.82) is 0 Å². The highest BCUT2D eigenvalue weighted by molar-refractivity contribution is 7.56. The van der Waals surface area contributed by atoms with Crippen LogP contribution in [0.15, 0.2) is 35.3 Å². The van der Waals surface area contributed by atoms with Crippen LogP contribution in [-0.4, -0.2) is 16.9 Å². The molecule has 0 fully saturated rings. The molecule has 0 saturated carbocycles. The fourth-order valence-electron chi connectivity index (χ4n) is 3.10. The van der Waals surface area contributed by atoms with Crippen molar-refractivity contribution in [3.8, 4) is 5.75 Å². The molecule has 2 rings (SSSR count). The van der Waals surface area contributed by atoms with E-state index in [0.717, 1.165) is 16.4 Å². The van der Waals surface area contributed by atoms with E-state index in [0.29, 0.717) is 14.3 Å². The van der Waals surface area contributed by atoms with Gasteiger partial charge in [0.25, 0.3) is 0 Å². The Balaban J connectivity index is 2.65. The number of aryl methyl sites for hydroxylation is 1. The number of benzene rings is 2. The third-order valence-corrected chi connectivity index (χ3v) is 6.52. The summed E-state index contributed by atoms with van der Waals surface area (Å²) < 4.78 is 0. The Morgan fingerprint density at radius 1 is 0.897 bits per heavy atom. The lowest BCUT2D eigenvalue weighted by Crippen LogP contribution is -2.22. The van der Waals surface area contributed by atoms with E-state index in [1.54, 1.807) is 0 Å². The summed E-state index contributed by atoms with van der Waals surface area (Å²) >= 11 is 0. The van der Waals surface area contributed by atoms with E-state index in [1.807, 2.05) is 6.21 Å². The maximum absolute atomic E-state index is 11.2. The second kappa shape index (κ2) is 8.23. The van der Waals surface area contributed by atoms with Gasteiger partial charge in [0, 0.05) is 22.6 Å². The second-order valence-electron chi connectivity index (χ2n) is 11.0. The summed E-state index contributed by atoms with van der Waals surface area (Å²) in [6, 6.07) is 10.7. The summed E-state index contributed by atoms with van der Waals surface area (Å²) in [6.45, 7) is 21.6. The van der Waals surface area contributed by atoms with Crippen LogP contribution in [0.5, 0.6) is 5.75 Å². The topological polar surface area (TPSA) is 32.6 Å². The summed E-state index contributed by atoms with van der Waals surface area (Å²) in [4.78, 5) is 4.72. The average molecular weight is 412 g/mol. The molecule has 1 atom stereocenters. The Hall–Kier alpha value is -1.66. The van der Waals surface area contributed by atoms with Gasteiger partial charge >= 0.3 is 0 Å². The van der Waals surface area contributed by atoms with Gasteiger partial charge in [0.15, 0.2) is 0 Å². The average Bonchev–Trinajstić information content (AvgIpc) is 2.54. The van der Waals surface area contributed by atoms with Crippen LogP contribution in [0.1, 0.15) is 84.6 Å². The molecule has 2 aromatic rings. The summed E-state index contributed by atoms with van der Waals surface area (Å²) in [5.41, 5.74) is 4.45. The zero-order valence-electron chi connectivity index (χ0n) is 19.9. The van der Waals surface area contributed by atoms with Gasteiger partial charge < -0.3 is 5.11 Å². The molecule has 0 aliphatic rings. The van der Waals surface area contributed by atoms with Crippen molar-refractivity contribution in [2.75, 3.05) is 0 Å². The Labute approximate surface area is 179 Å². The van der Waals surface area contributed by atoms with Crippen LogP contribution in [0.4, 0.5) is 0 Å². The van der Waals surface area contributed by atoms with Crippen molar-refractivity contribution in [1.82, 2.24) is 0 Å². The number of hydrogen-bond acceptors (Lipinski definition) is 2. The summed E-state index contributed by atoms with van der Waals surface area (Å²) in [7, 11) is 0.376. The quantitative estimate of drug-likeness (QED) is 0.477. The highest BCUT2D eigenvalue weighted by Gasteiger charge is 2.25. The second-order valence-corrected chi connectivity index (χ2v) is 12.3. The molecular formula is C26H38NOP. The van der Waals surface area contributed by atoms with Crippen LogP contribution in [0.2, 0.25) is 0 Å². The smallest absolute Gasteiger partial charge is 0.127 e. The van der Waals surface area contributed by atoms with Crippen molar-refractivity contribution < 1.29 is 5.11 Å². The van der Waals surface area contributed by atoms with E-state index in [-0.39, 0.29) is 16.4 Å². The monoisotopic (exact) mass is 411 g/mol. The van der Waals surface area contributed by atoms with Gasteiger partial charge in [0.05, 0.1) is 5.54 Å². The highest BCUT2D eigenvalue weighted by Crippen LogP contribution is 2.36. The minimum atomic E-state index is -0.118. The first-order valence-electron chi connectivity index (χ1n) is 10.4. The molecule has 1 N–H and O–H groups in total. The molecule has 0 spiro atoms. The lowest BCUT2D eigenvalue weighted by Gasteiger charge is -2.28. The summed E-state index contributed by atoms with van der Waals surface area (Å²) in [6.07, 6.45) is 1.99.